The minimum absolute atomic E-state index is 0.157. The number of rotatable bonds is 10. The first-order chi connectivity index (χ1) is 12.7. The molecule has 0 aliphatic rings. The van der Waals surface area contributed by atoms with Crippen molar-refractivity contribution >= 4 is 5.91 Å². The van der Waals surface area contributed by atoms with Gasteiger partial charge in [-0.15, -0.1) is 0 Å². The first kappa shape index (κ1) is 19.1. The van der Waals surface area contributed by atoms with Gasteiger partial charge in [-0.1, -0.05) is 30.3 Å². The molecular formula is C20H22N2O4. The van der Waals surface area contributed by atoms with Gasteiger partial charge in [0.2, 0.25) is 5.91 Å². The van der Waals surface area contributed by atoms with E-state index in [1.807, 2.05) is 61.5 Å². The van der Waals surface area contributed by atoms with Gasteiger partial charge in [-0.3, -0.25) is 4.79 Å². The van der Waals surface area contributed by atoms with E-state index < -0.39 is 0 Å². The van der Waals surface area contributed by atoms with Crippen LogP contribution in [0.4, 0.5) is 0 Å². The van der Waals surface area contributed by atoms with Gasteiger partial charge in [-0.2, -0.15) is 5.26 Å². The second-order valence-electron chi connectivity index (χ2n) is 5.30. The molecule has 0 atom stereocenters. The van der Waals surface area contributed by atoms with Gasteiger partial charge in [0.1, 0.15) is 25.4 Å². The Morgan fingerprint density at radius 2 is 1.54 bits per heavy atom. The molecule has 2 rings (SSSR count). The molecule has 2 aromatic carbocycles. The van der Waals surface area contributed by atoms with Crippen LogP contribution in [0.5, 0.6) is 17.2 Å². The smallest absolute Gasteiger partial charge is 0.234 e. The molecule has 6 nitrogen and oxygen atoms in total. The Morgan fingerprint density at radius 3 is 2.19 bits per heavy atom. The molecule has 0 saturated heterocycles. The van der Waals surface area contributed by atoms with Gasteiger partial charge in [0.15, 0.2) is 11.5 Å². The highest BCUT2D eigenvalue weighted by atomic mass is 16.5. The molecule has 0 unspecified atom stereocenters. The van der Waals surface area contributed by atoms with Gasteiger partial charge in [0, 0.05) is 12.1 Å². The number of carbonyl (C=O) groups excluding carboxylic acids is 1. The minimum Gasteiger partial charge on any atom is -0.490 e. The molecular weight excluding hydrogens is 332 g/mol. The van der Waals surface area contributed by atoms with E-state index in [9.17, 15) is 4.79 Å². The standard InChI is InChI=1S/C20H22N2O4/c1-2-24-18-9-5-6-10-19(18)26-14-13-25-17-8-4-3-7-16(17)15-22-20(23)11-12-21/h3-10H,2,11,13-15H2,1H3,(H,22,23). The Kier molecular flexibility index (Phi) is 7.81. The van der Waals surface area contributed by atoms with Crippen LogP contribution in [-0.4, -0.2) is 25.7 Å². The van der Waals surface area contributed by atoms with Gasteiger partial charge in [0.25, 0.3) is 0 Å². The molecule has 0 radical (unpaired) electrons. The first-order valence-corrected chi connectivity index (χ1v) is 8.43. The Hall–Kier alpha value is -3.20. The van der Waals surface area contributed by atoms with Crippen molar-refractivity contribution in [3.8, 4) is 23.3 Å². The second kappa shape index (κ2) is 10.6. The van der Waals surface area contributed by atoms with Crippen molar-refractivity contribution in [3.63, 3.8) is 0 Å². The van der Waals surface area contributed by atoms with Crippen LogP contribution in [-0.2, 0) is 11.3 Å². The van der Waals surface area contributed by atoms with Crippen LogP contribution in [0.2, 0.25) is 0 Å². The summed E-state index contributed by atoms with van der Waals surface area (Å²) >= 11 is 0. The number of para-hydroxylation sites is 3. The van der Waals surface area contributed by atoms with Crippen molar-refractivity contribution < 1.29 is 19.0 Å². The van der Waals surface area contributed by atoms with E-state index in [-0.39, 0.29) is 12.3 Å². The van der Waals surface area contributed by atoms with Gasteiger partial charge in [0.05, 0.1) is 12.7 Å². The predicted molar refractivity (Wildman–Crippen MR) is 97.1 cm³/mol. The van der Waals surface area contributed by atoms with Crippen LogP contribution >= 0.6 is 0 Å². The molecule has 1 amide bonds. The number of nitrogens with one attached hydrogen (secondary N) is 1. The molecule has 0 aromatic heterocycles. The van der Waals surface area contributed by atoms with Crippen molar-refractivity contribution in [1.82, 2.24) is 5.32 Å². The fourth-order valence-corrected chi connectivity index (χ4v) is 2.27. The SMILES string of the molecule is CCOc1ccccc1OCCOc1ccccc1CNC(=O)CC#N. The summed E-state index contributed by atoms with van der Waals surface area (Å²) in [4.78, 5) is 11.4. The van der Waals surface area contributed by atoms with Crippen molar-refractivity contribution in [2.75, 3.05) is 19.8 Å². The van der Waals surface area contributed by atoms with Crippen molar-refractivity contribution in [3.05, 3.63) is 54.1 Å². The maximum absolute atomic E-state index is 11.4. The molecule has 136 valence electrons. The Balaban J connectivity index is 1.85. The van der Waals surface area contributed by atoms with E-state index in [1.54, 1.807) is 0 Å². The van der Waals surface area contributed by atoms with Crippen LogP contribution in [0.3, 0.4) is 0 Å². The maximum atomic E-state index is 11.4. The van der Waals surface area contributed by atoms with E-state index in [4.69, 9.17) is 19.5 Å². The molecule has 0 aliphatic heterocycles. The molecule has 0 saturated carbocycles. The monoisotopic (exact) mass is 354 g/mol. The maximum Gasteiger partial charge on any atom is 0.234 e. The zero-order valence-electron chi connectivity index (χ0n) is 14.7. The summed E-state index contributed by atoms with van der Waals surface area (Å²) < 4.78 is 17.0. The molecule has 0 spiro atoms. The van der Waals surface area contributed by atoms with Gasteiger partial charge < -0.3 is 19.5 Å². The largest absolute Gasteiger partial charge is 0.490 e. The Morgan fingerprint density at radius 1 is 0.962 bits per heavy atom. The molecule has 2 aromatic rings. The Labute approximate surface area is 153 Å². The molecule has 0 heterocycles. The summed E-state index contributed by atoms with van der Waals surface area (Å²) in [6, 6.07) is 16.7. The average molecular weight is 354 g/mol. The zero-order chi connectivity index (χ0) is 18.6. The van der Waals surface area contributed by atoms with E-state index in [2.05, 4.69) is 5.32 Å². The zero-order valence-corrected chi connectivity index (χ0v) is 14.7. The number of nitrogens with zero attached hydrogens (tertiary/aromatic N) is 1. The van der Waals surface area contributed by atoms with Crippen molar-refractivity contribution in [1.29, 1.82) is 5.26 Å². The molecule has 0 bridgehead atoms. The lowest BCUT2D eigenvalue weighted by Crippen LogP contribution is -2.22. The van der Waals surface area contributed by atoms with E-state index in [1.165, 1.54) is 0 Å². The number of nitriles is 1. The first-order valence-electron chi connectivity index (χ1n) is 8.43. The number of hydrogen-bond donors (Lipinski definition) is 1. The summed E-state index contributed by atoms with van der Waals surface area (Å²) in [6.45, 7) is 3.52. The van der Waals surface area contributed by atoms with Crippen molar-refractivity contribution in [2.24, 2.45) is 0 Å². The highest BCUT2D eigenvalue weighted by Crippen LogP contribution is 2.26. The van der Waals surface area contributed by atoms with Crippen molar-refractivity contribution in [2.45, 2.75) is 19.9 Å². The fraction of sp³-hybridized carbons (Fsp3) is 0.300. The van der Waals surface area contributed by atoms with Crippen LogP contribution in [0.25, 0.3) is 0 Å². The van der Waals surface area contributed by atoms with Crippen LogP contribution < -0.4 is 19.5 Å². The summed E-state index contributed by atoms with van der Waals surface area (Å²) in [5.41, 5.74) is 0.841. The predicted octanol–water partition coefficient (Wildman–Crippen LogP) is 3.07. The molecule has 26 heavy (non-hydrogen) atoms. The van der Waals surface area contributed by atoms with E-state index in [0.29, 0.717) is 43.6 Å². The molecule has 1 N–H and O–H groups in total. The normalized spacial score (nSPS) is 9.85. The van der Waals surface area contributed by atoms with E-state index in [0.717, 1.165) is 5.56 Å². The number of amides is 1. The highest BCUT2D eigenvalue weighted by Gasteiger charge is 2.07. The van der Waals surface area contributed by atoms with Crippen LogP contribution in [0.15, 0.2) is 48.5 Å². The van der Waals surface area contributed by atoms with Crippen LogP contribution in [0.1, 0.15) is 18.9 Å². The summed E-state index contributed by atoms with van der Waals surface area (Å²) in [6.07, 6.45) is -0.157. The van der Waals surface area contributed by atoms with E-state index >= 15 is 0 Å². The summed E-state index contributed by atoms with van der Waals surface area (Å²) in [5, 5.41) is 11.2. The third kappa shape index (κ3) is 6.02. The Bertz CT molecular complexity index is 755. The summed E-state index contributed by atoms with van der Waals surface area (Å²) in [5.74, 6) is 1.75. The number of hydrogen-bond acceptors (Lipinski definition) is 5. The highest BCUT2D eigenvalue weighted by molar-refractivity contribution is 5.78. The molecule has 0 aliphatic carbocycles. The molecule has 0 fully saturated rings. The average Bonchev–Trinajstić information content (AvgIpc) is 2.66. The van der Waals surface area contributed by atoms with Gasteiger partial charge in [-0.05, 0) is 25.1 Å². The lowest BCUT2D eigenvalue weighted by atomic mass is 10.2. The second-order valence-corrected chi connectivity index (χ2v) is 5.30. The summed E-state index contributed by atoms with van der Waals surface area (Å²) in [7, 11) is 0. The third-order valence-corrected chi connectivity index (χ3v) is 3.44. The third-order valence-electron chi connectivity index (χ3n) is 3.44. The lowest BCUT2D eigenvalue weighted by molar-refractivity contribution is -0.120. The quantitative estimate of drug-likeness (QED) is 0.663. The number of benzene rings is 2. The fourth-order valence-electron chi connectivity index (χ4n) is 2.27. The lowest BCUT2D eigenvalue weighted by Gasteiger charge is -2.14. The number of ether oxygens (including phenoxy) is 3. The molecule has 6 heteroatoms. The van der Waals surface area contributed by atoms with Gasteiger partial charge >= 0.3 is 0 Å². The van der Waals surface area contributed by atoms with Crippen LogP contribution in [0, 0.1) is 11.3 Å². The van der Waals surface area contributed by atoms with Gasteiger partial charge in [-0.25, -0.2) is 0 Å². The minimum atomic E-state index is -0.307. The topological polar surface area (TPSA) is 80.6 Å². The number of carbonyl (C=O) groups is 1.